The number of hydrogen-bond acceptors (Lipinski definition) is 5. The van der Waals surface area contributed by atoms with E-state index in [2.05, 4.69) is 10.3 Å². The Morgan fingerprint density at radius 2 is 2.04 bits per heavy atom. The van der Waals surface area contributed by atoms with Crippen LogP contribution in [0.5, 0.6) is 11.5 Å². The third-order valence-corrected chi connectivity index (χ3v) is 4.96. The Hall–Kier alpha value is -3.55. The van der Waals surface area contributed by atoms with E-state index in [0.29, 0.717) is 22.8 Å². The first-order valence-electron chi connectivity index (χ1n) is 8.51. The number of hydrogen-bond donors (Lipinski definition) is 1. The van der Waals surface area contributed by atoms with Gasteiger partial charge in [-0.15, -0.1) is 0 Å². The number of aromatic nitrogens is 2. The molecule has 3 amide bonds. The molecule has 2 aliphatic heterocycles. The monoisotopic (exact) mass is 364 g/mol. The number of imidazole rings is 1. The van der Waals surface area contributed by atoms with Gasteiger partial charge in [0.05, 0.1) is 12.2 Å². The molecule has 0 radical (unpaired) electrons. The molecule has 1 unspecified atom stereocenters. The average molecular weight is 364 g/mol. The lowest BCUT2D eigenvalue weighted by atomic mass is 9.91. The predicted molar refractivity (Wildman–Crippen MR) is 94.2 cm³/mol. The first-order valence-corrected chi connectivity index (χ1v) is 8.51. The van der Waals surface area contributed by atoms with E-state index in [9.17, 15) is 9.59 Å². The second kappa shape index (κ2) is 5.47. The van der Waals surface area contributed by atoms with Gasteiger partial charge >= 0.3 is 6.03 Å². The molecule has 2 aromatic heterocycles. The Morgan fingerprint density at radius 1 is 1.19 bits per heavy atom. The molecule has 8 nitrogen and oxygen atoms in total. The average Bonchev–Trinajstić information content (AvgIpc) is 3.34. The van der Waals surface area contributed by atoms with Crippen LogP contribution in [0.3, 0.4) is 0 Å². The van der Waals surface area contributed by atoms with Gasteiger partial charge in [0.25, 0.3) is 5.91 Å². The van der Waals surface area contributed by atoms with Crippen LogP contribution in [0, 0.1) is 0 Å². The first kappa shape index (κ1) is 15.7. The molecule has 1 aromatic carbocycles. The van der Waals surface area contributed by atoms with E-state index in [1.54, 1.807) is 25.1 Å². The lowest BCUT2D eigenvalue weighted by molar-refractivity contribution is -0.131. The molecule has 1 fully saturated rings. The number of pyridine rings is 1. The van der Waals surface area contributed by atoms with Crippen LogP contribution in [0.1, 0.15) is 18.2 Å². The Kier molecular flexibility index (Phi) is 3.18. The molecule has 0 aliphatic carbocycles. The molecular weight excluding hydrogens is 348 g/mol. The fraction of sp³-hybridized carbons (Fsp3) is 0.211. The largest absolute Gasteiger partial charge is 0.454 e. The minimum atomic E-state index is -1.17. The van der Waals surface area contributed by atoms with Gasteiger partial charge in [0, 0.05) is 12.4 Å². The summed E-state index contributed by atoms with van der Waals surface area (Å²) in [6, 6.07) is 10.4. The Bertz CT molecular complexity index is 1060. The van der Waals surface area contributed by atoms with Crippen LogP contribution in [0.15, 0.2) is 48.8 Å². The van der Waals surface area contributed by atoms with Crippen molar-refractivity contribution < 1.29 is 19.1 Å². The van der Waals surface area contributed by atoms with Gasteiger partial charge in [0.15, 0.2) is 11.5 Å². The lowest BCUT2D eigenvalue weighted by Crippen LogP contribution is -2.40. The van der Waals surface area contributed by atoms with Crippen LogP contribution < -0.4 is 14.8 Å². The van der Waals surface area contributed by atoms with Crippen LogP contribution in [0.25, 0.3) is 5.65 Å². The molecule has 1 saturated heterocycles. The van der Waals surface area contributed by atoms with Gasteiger partial charge in [-0.05, 0) is 36.8 Å². The zero-order valence-corrected chi connectivity index (χ0v) is 14.5. The quantitative estimate of drug-likeness (QED) is 0.719. The van der Waals surface area contributed by atoms with E-state index in [0.717, 1.165) is 5.65 Å². The van der Waals surface area contributed by atoms with Gasteiger partial charge in [0.2, 0.25) is 6.79 Å². The van der Waals surface area contributed by atoms with Gasteiger partial charge < -0.3 is 19.2 Å². The topological polar surface area (TPSA) is 85.2 Å². The SMILES string of the molecule is CC1(c2ccc3c(c2)OCO3)NC(=O)N(Cc2cn3ccccc3n2)C1=O. The van der Waals surface area contributed by atoms with Crippen LogP contribution in [-0.2, 0) is 16.9 Å². The molecular formula is C19H16N4O4. The van der Waals surface area contributed by atoms with Gasteiger partial charge in [-0.1, -0.05) is 12.1 Å². The van der Waals surface area contributed by atoms with Crippen molar-refractivity contribution in [3.05, 3.63) is 60.0 Å². The standard InChI is InChI=1S/C19H16N4O4/c1-19(12-5-6-14-15(8-12)27-11-26-14)17(24)23(18(25)21-19)10-13-9-22-7-3-2-4-16(22)20-13/h2-9H,10-11H2,1H3,(H,21,25). The minimum absolute atomic E-state index is 0.104. The van der Waals surface area contributed by atoms with Crippen LogP contribution in [0.4, 0.5) is 4.79 Å². The number of amides is 3. The van der Waals surface area contributed by atoms with Crippen LogP contribution in [-0.4, -0.2) is 33.0 Å². The van der Waals surface area contributed by atoms with Crippen molar-refractivity contribution in [3.63, 3.8) is 0 Å². The maximum atomic E-state index is 13.1. The van der Waals surface area contributed by atoms with Crippen molar-refractivity contribution in [2.75, 3.05) is 6.79 Å². The van der Waals surface area contributed by atoms with E-state index in [1.165, 1.54) is 4.90 Å². The van der Waals surface area contributed by atoms with Gasteiger partial charge in [-0.3, -0.25) is 9.69 Å². The molecule has 1 N–H and O–H groups in total. The highest BCUT2D eigenvalue weighted by Gasteiger charge is 2.49. The fourth-order valence-electron chi connectivity index (χ4n) is 3.47. The van der Waals surface area contributed by atoms with Crippen LogP contribution >= 0.6 is 0 Å². The second-order valence-corrected chi connectivity index (χ2v) is 6.71. The number of imide groups is 1. The molecule has 4 heterocycles. The minimum Gasteiger partial charge on any atom is -0.454 e. The molecule has 1 atom stereocenters. The number of nitrogens with one attached hydrogen (secondary N) is 1. The second-order valence-electron chi connectivity index (χ2n) is 6.71. The summed E-state index contributed by atoms with van der Waals surface area (Å²) < 4.78 is 12.6. The summed E-state index contributed by atoms with van der Waals surface area (Å²) in [5.41, 5.74) is 0.873. The summed E-state index contributed by atoms with van der Waals surface area (Å²) in [5.74, 6) is 0.860. The Labute approximate surface area is 154 Å². The van der Waals surface area contributed by atoms with E-state index >= 15 is 0 Å². The van der Waals surface area contributed by atoms with Crippen molar-refractivity contribution in [2.24, 2.45) is 0 Å². The Morgan fingerprint density at radius 3 is 2.89 bits per heavy atom. The van der Waals surface area contributed by atoms with Crippen molar-refractivity contribution >= 4 is 17.6 Å². The van der Waals surface area contributed by atoms with Gasteiger partial charge in [-0.25, -0.2) is 9.78 Å². The van der Waals surface area contributed by atoms with E-state index in [4.69, 9.17) is 9.47 Å². The highest BCUT2D eigenvalue weighted by Crippen LogP contribution is 2.38. The van der Waals surface area contributed by atoms with Crippen LogP contribution in [0.2, 0.25) is 0 Å². The number of benzene rings is 1. The fourth-order valence-corrected chi connectivity index (χ4v) is 3.47. The third-order valence-electron chi connectivity index (χ3n) is 4.96. The summed E-state index contributed by atoms with van der Waals surface area (Å²) >= 11 is 0. The summed E-state index contributed by atoms with van der Waals surface area (Å²) in [6.45, 7) is 1.94. The molecule has 2 aliphatic rings. The predicted octanol–water partition coefficient (Wildman–Crippen LogP) is 2.03. The summed E-state index contributed by atoms with van der Waals surface area (Å²) in [6.07, 6.45) is 3.68. The maximum absolute atomic E-state index is 13.1. The highest BCUT2D eigenvalue weighted by molar-refractivity contribution is 6.07. The maximum Gasteiger partial charge on any atom is 0.325 e. The lowest BCUT2D eigenvalue weighted by Gasteiger charge is -2.22. The molecule has 0 saturated carbocycles. The van der Waals surface area contributed by atoms with Crippen molar-refractivity contribution in [2.45, 2.75) is 19.0 Å². The van der Waals surface area contributed by atoms with E-state index < -0.39 is 11.6 Å². The number of fused-ring (bicyclic) bond motifs is 2. The van der Waals surface area contributed by atoms with E-state index in [1.807, 2.05) is 35.0 Å². The number of rotatable bonds is 3. The molecule has 8 heteroatoms. The molecule has 3 aromatic rings. The summed E-state index contributed by atoms with van der Waals surface area (Å²) in [7, 11) is 0. The number of urea groups is 1. The number of ether oxygens (including phenoxy) is 2. The number of nitrogens with zero attached hydrogens (tertiary/aromatic N) is 3. The van der Waals surface area contributed by atoms with Crippen molar-refractivity contribution in [1.29, 1.82) is 0 Å². The smallest absolute Gasteiger partial charge is 0.325 e. The number of carbonyl (C=O) groups excluding carboxylic acids is 2. The normalized spacial score (nSPS) is 21.1. The zero-order valence-electron chi connectivity index (χ0n) is 14.5. The molecule has 0 spiro atoms. The molecule has 5 rings (SSSR count). The van der Waals surface area contributed by atoms with Gasteiger partial charge in [-0.2, -0.15) is 0 Å². The van der Waals surface area contributed by atoms with Crippen molar-refractivity contribution in [1.82, 2.24) is 19.6 Å². The van der Waals surface area contributed by atoms with Gasteiger partial charge in [0.1, 0.15) is 11.2 Å². The summed E-state index contributed by atoms with van der Waals surface area (Å²) in [4.78, 5) is 31.3. The molecule has 0 bridgehead atoms. The number of carbonyl (C=O) groups is 2. The first-order chi connectivity index (χ1) is 13.0. The van der Waals surface area contributed by atoms with Crippen molar-refractivity contribution in [3.8, 4) is 11.5 Å². The van der Waals surface area contributed by atoms with E-state index in [-0.39, 0.29) is 19.2 Å². The third kappa shape index (κ3) is 2.33. The highest BCUT2D eigenvalue weighted by atomic mass is 16.7. The molecule has 136 valence electrons. The molecule has 27 heavy (non-hydrogen) atoms. The Balaban J connectivity index is 1.45. The zero-order chi connectivity index (χ0) is 18.6. The summed E-state index contributed by atoms with van der Waals surface area (Å²) in [5, 5.41) is 2.80.